The molecule has 0 bridgehead atoms. The van der Waals surface area contributed by atoms with Gasteiger partial charge >= 0.3 is 0 Å². The van der Waals surface area contributed by atoms with E-state index in [1.54, 1.807) is 6.92 Å². The summed E-state index contributed by atoms with van der Waals surface area (Å²) in [6.45, 7) is 3.66. The molecule has 5 heteroatoms. The molecule has 0 amide bonds. The predicted octanol–water partition coefficient (Wildman–Crippen LogP) is 3.01. The van der Waals surface area contributed by atoms with Crippen molar-refractivity contribution in [1.82, 2.24) is 9.55 Å². The highest BCUT2D eigenvalue weighted by atomic mass is 19.1. The van der Waals surface area contributed by atoms with E-state index in [1.165, 1.54) is 23.0 Å². The summed E-state index contributed by atoms with van der Waals surface area (Å²) in [7, 11) is 0. The van der Waals surface area contributed by atoms with Gasteiger partial charge in [0.2, 0.25) is 0 Å². The lowest BCUT2D eigenvalue weighted by atomic mass is 9.95. The number of aryl methyl sites for hydroxylation is 1. The topological polar surface area (TPSA) is 55.1 Å². The van der Waals surface area contributed by atoms with Crippen LogP contribution in [0.25, 0.3) is 10.9 Å². The molecular formula is C19H19FN2O2. The van der Waals surface area contributed by atoms with Crippen molar-refractivity contribution in [3.8, 4) is 0 Å². The van der Waals surface area contributed by atoms with Crippen LogP contribution in [0.5, 0.6) is 0 Å². The van der Waals surface area contributed by atoms with Crippen molar-refractivity contribution in [3.63, 3.8) is 0 Å². The molecule has 0 fully saturated rings. The van der Waals surface area contributed by atoms with Crippen LogP contribution in [0, 0.1) is 12.7 Å². The van der Waals surface area contributed by atoms with Gasteiger partial charge in [0.1, 0.15) is 5.82 Å². The maximum absolute atomic E-state index is 13.6. The van der Waals surface area contributed by atoms with Crippen LogP contribution >= 0.6 is 0 Å². The first kappa shape index (κ1) is 16.3. The maximum atomic E-state index is 13.6. The van der Waals surface area contributed by atoms with Crippen LogP contribution in [-0.2, 0) is 6.54 Å². The fourth-order valence-electron chi connectivity index (χ4n) is 2.76. The van der Waals surface area contributed by atoms with Crippen LogP contribution < -0.4 is 5.56 Å². The number of halogens is 1. The lowest BCUT2D eigenvalue weighted by Crippen LogP contribution is -2.30. The maximum Gasteiger partial charge on any atom is 0.261 e. The molecule has 0 aliphatic heterocycles. The Labute approximate surface area is 139 Å². The van der Waals surface area contributed by atoms with Crippen LogP contribution in [0.3, 0.4) is 0 Å². The molecular weight excluding hydrogens is 307 g/mol. The Morgan fingerprint density at radius 3 is 2.67 bits per heavy atom. The van der Waals surface area contributed by atoms with Gasteiger partial charge in [0.25, 0.3) is 5.56 Å². The second kappa shape index (κ2) is 6.53. The summed E-state index contributed by atoms with van der Waals surface area (Å²) in [5.41, 5.74) is 1.45. The van der Waals surface area contributed by atoms with Crippen molar-refractivity contribution in [3.05, 3.63) is 76.1 Å². The number of nitrogens with zero attached hydrogens (tertiary/aromatic N) is 2. The molecule has 0 aliphatic rings. The van der Waals surface area contributed by atoms with Crippen molar-refractivity contribution < 1.29 is 9.50 Å². The van der Waals surface area contributed by atoms with E-state index in [2.05, 4.69) is 4.98 Å². The molecule has 1 N–H and O–H groups in total. The number of benzene rings is 2. The second-order valence-electron chi connectivity index (χ2n) is 6.09. The first-order valence-electron chi connectivity index (χ1n) is 7.85. The summed E-state index contributed by atoms with van der Waals surface area (Å²) in [6, 6.07) is 12.4. The van der Waals surface area contributed by atoms with Crippen LogP contribution in [0.1, 0.15) is 24.0 Å². The molecule has 0 radical (unpaired) electrons. The molecule has 3 aromatic rings. The first-order valence-corrected chi connectivity index (χ1v) is 7.85. The Balaban J connectivity index is 1.91. The normalized spacial score (nSPS) is 13.8. The van der Waals surface area contributed by atoms with E-state index in [0.717, 1.165) is 5.56 Å². The Morgan fingerprint density at radius 1 is 1.25 bits per heavy atom. The fourth-order valence-corrected chi connectivity index (χ4v) is 2.76. The minimum absolute atomic E-state index is 0.122. The Hall–Kier alpha value is -2.53. The van der Waals surface area contributed by atoms with Crippen molar-refractivity contribution in [2.24, 2.45) is 0 Å². The minimum atomic E-state index is -0.731. The Morgan fingerprint density at radius 2 is 1.96 bits per heavy atom. The molecule has 2 aromatic carbocycles. The molecule has 1 aromatic heterocycles. The quantitative estimate of drug-likeness (QED) is 0.802. The average molecular weight is 326 g/mol. The van der Waals surface area contributed by atoms with Crippen molar-refractivity contribution in [1.29, 1.82) is 0 Å². The van der Waals surface area contributed by atoms with E-state index in [1.807, 2.05) is 37.3 Å². The fraction of sp³-hybridized carbons (Fsp3) is 0.263. The zero-order valence-electron chi connectivity index (χ0n) is 13.6. The number of hydrogen-bond donors (Lipinski definition) is 1. The summed E-state index contributed by atoms with van der Waals surface area (Å²) >= 11 is 0. The van der Waals surface area contributed by atoms with Gasteiger partial charge in [-0.3, -0.25) is 9.36 Å². The highest BCUT2D eigenvalue weighted by molar-refractivity contribution is 5.78. The monoisotopic (exact) mass is 326 g/mol. The van der Waals surface area contributed by atoms with E-state index in [4.69, 9.17) is 0 Å². The number of hydrogen-bond acceptors (Lipinski definition) is 3. The van der Waals surface area contributed by atoms with Gasteiger partial charge in [0.05, 0.1) is 29.9 Å². The zero-order valence-corrected chi connectivity index (χ0v) is 13.6. The molecule has 2 atom stereocenters. The number of rotatable bonds is 4. The van der Waals surface area contributed by atoms with Gasteiger partial charge in [0.15, 0.2) is 0 Å². The number of aromatic nitrogens is 2. The molecule has 2 unspecified atom stereocenters. The molecule has 0 saturated carbocycles. The SMILES string of the molecule is Cc1cc2c(=O)n(CC(O)C(C)c3ccccc3)cnc2cc1F. The van der Waals surface area contributed by atoms with E-state index >= 15 is 0 Å². The van der Waals surface area contributed by atoms with Crippen LogP contribution in [0.2, 0.25) is 0 Å². The third kappa shape index (κ3) is 3.08. The van der Waals surface area contributed by atoms with Gasteiger partial charge in [-0.25, -0.2) is 9.37 Å². The van der Waals surface area contributed by atoms with Gasteiger partial charge < -0.3 is 5.11 Å². The van der Waals surface area contributed by atoms with Gasteiger partial charge in [-0.05, 0) is 24.1 Å². The van der Waals surface area contributed by atoms with Crippen LogP contribution in [0.15, 0.2) is 53.6 Å². The highest BCUT2D eigenvalue weighted by Crippen LogP contribution is 2.20. The van der Waals surface area contributed by atoms with E-state index in [-0.39, 0.29) is 23.8 Å². The van der Waals surface area contributed by atoms with Crippen molar-refractivity contribution in [2.75, 3.05) is 0 Å². The molecule has 3 rings (SSSR count). The van der Waals surface area contributed by atoms with E-state index in [9.17, 15) is 14.3 Å². The molecule has 4 nitrogen and oxygen atoms in total. The third-order valence-electron chi connectivity index (χ3n) is 4.39. The zero-order chi connectivity index (χ0) is 17.3. The minimum Gasteiger partial charge on any atom is -0.391 e. The van der Waals surface area contributed by atoms with Gasteiger partial charge in [-0.1, -0.05) is 37.3 Å². The van der Waals surface area contributed by atoms with E-state index in [0.29, 0.717) is 16.5 Å². The lowest BCUT2D eigenvalue weighted by molar-refractivity contribution is 0.128. The second-order valence-corrected chi connectivity index (χ2v) is 6.09. The molecule has 0 saturated heterocycles. The number of aliphatic hydroxyl groups is 1. The summed E-state index contributed by atoms with van der Waals surface area (Å²) in [6.07, 6.45) is 0.631. The molecule has 24 heavy (non-hydrogen) atoms. The third-order valence-corrected chi connectivity index (χ3v) is 4.39. The average Bonchev–Trinajstić information content (AvgIpc) is 2.59. The Kier molecular flexibility index (Phi) is 4.44. The smallest absolute Gasteiger partial charge is 0.261 e. The van der Waals surface area contributed by atoms with Gasteiger partial charge in [0, 0.05) is 12.0 Å². The summed E-state index contributed by atoms with van der Waals surface area (Å²) in [5, 5.41) is 10.8. The number of fused-ring (bicyclic) bond motifs is 1. The standard InChI is InChI=1S/C19H19FN2O2/c1-12-8-15-17(9-16(12)20)21-11-22(19(15)24)10-18(23)13(2)14-6-4-3-5-7-14/h3-9,11,13,18,23H,10H2,1-2H3. The van der Waals surface area contributed by atoms with Gasteiger partial charge in [-0.15, -0.1) is 0 Å². The summed E-state index contributed by atoms with van der Waals surface area (Å²) in [4.78, 5) is 16.7. The molecule has 124 valence electrons. The largest absolute Gasteiger partial charge is 0.391 e. The molecule has 0 aliphatic carbocycles. The van der Waals surface area contributed by atoms with Crippen LogP contribution in [0.4, 0.5) is 4.39 Å². The van der Waals surface area contributed by atoms with Crippen molar-refractivity contribution in [2.45, 2.75) is 32.4 Å². The summed E-state index contributed by atoms with van der Waals surface area (Å²) in [5.74, 6) is -0.506. The Bertz CT molecular complexity index is 922. The van der Waals surface area contributed by atoms with Crippen LogP contribution in [-0.4, -0.2) is 20.8 Å². The molecule has 0 spiro atoms. The van der Waals surface area contributed by atoms with Crippen molar-refractivity contribution >= 4 is 10.9 Å². The molecule has 1 heterocycles. The summed E-state index contributed by atoms with van der Waals surface area (Å²) < 4.78 is 15.0. The lowest BCUT2D eigenvalue weighted by Gasteiger charge is -2.20. The predicted molar refractivity (Wildman–Crippen MR) is 91.6 cm³/mol. The van der Waals surface area contributed by atoms with E-state index < -0.39 is 6.10 Å². The highest BCUT2D eigenvalue weighted by Gasteiger charge is 2.18. The first-order chi connectivity index (χ1) is 11.5. The van der Waals surface area contributed by atoms with Gasteiger partial charge in [-0.2, -0.15) is 0 Å². The number of aliphatic hydroxyl groups excluding tert-OH is 1.